The third-order valence-electron chi connectivity index (χ3n) is 7.32. The lowest BCUT2D eigenvalue weighted by Crippen LogP contribution is -2.37. The molecule has 0 fully saturated rings. The second-order valence-corrected chi connectivity index (χ2v) is 13.6. The highest BCUT2D eigenvalue weighted by Crippen LogP contribution is 2.55. The Morgan fingerprint density at radius 3 is 1.89 bits per heavy atom. The summed E-state index contributed by atoms with van der Waals surface area (Å²) in [6.07, 6.45) is 1.86. The molecule has 5 rings (SSSR count). The third-order valence-corrected chi connectivity index (χ3v) is 8.40. The molecule has 1 heterocycles. The Bertz CT molecular complexity index is 1380. The lowest BCUT2D eigenvalue weighted by atomic mass is 9.65. The first-order valence-corrected chi connectivity index (χ1v) is 14.0. The van der Waals surface area contributed by atoms with Gasteiger partial charge in [-0.2, -0.15) is 0 Å². The van der Waals surface area contributed by atoms with Crippen LogP contribution in [0.15, 0.2) is 53.0 Å². The maximum Gasteiger partial charge on any atom is 0.163 e. The topological polar surface area (TPSA) is 52.6 Å². The minimum Gasteiger partial charge on any atom is -0.487 e. The van der Waals surface area contributed by atoms with Crippen molar-refractivity contribution < 1.29 is 19.1 Å². The monoisotopic (exact) mass is 592 g/mol. The fraction of sp³-hybridized carbons (Fsp3) is 0.400. The van der Waals surface area contributed by atoms with Crippen LogP contribution in [-0.4, -0.2) is 11.6 Å². The normalized spacial score (nSPS) is 20.7. The molecule has 2 aromatic carbocycles. The number of ether oxygens (including phenoxy) is 2. The van der Waals surface area contributed by atoms with Gasteiger partial charge in [0, 0.05) is 63.0 Å². The smallest absolute Gasteiger partial charge is 0.163 e. The van der Waals surface area contributed by atoms with E-state index in [2.05, 4.69) is 0 Å². The van der Waals surface area contributed by atoms with Gasteiger partial charge < -0.3 is 9.47 Å². The summed E-state index contributed by atoms with van der Waals surface area (Å²) < 4.78 is 12.7. The molecule has 8 heteroatoms. The molecule has 0 unspecified atom stereocenters. The van der Waals surface area contributed by atoms with Gasteiger partial charge in [-0.25, -0.2) is 0 Å². The first-order chi connectivity index (χ1) is 17.7. The summed E-state index contributed by atoms with van der Waals surface area (Å²) in [5.41, 5.74) is 1.74. The van der Waals surface area contributed by atoms with Crippen molar-refractivity contribution in [2.45, 2.75) is 65.9 Å². The van der Waals surface area contributed by atoms with Crippen LogP contribution in [0.2, 0.25) is 20.1 Å². The van der Waals surface area contributed by atoms with Gasteiger partial charge in [-0.1, -0.05) is 80.2 Å². The number of carbonyl (C=O) groups is 2. The number of ketones is 2. The van der Waals surface area contributed by atoms with Crippen molar-refractivity contribution in [2.24, 2.45) is 10.8 Å². The predicted octanol–water partition coefficient (Wildman–Crippen LogP) is 9.28. The SMILES string of the molecule is CC1(C)CC(=O)C2=C(C1)OC1=C(C(=O)CC(C)(C)C1)C2c1cc(Cl)cc(Cl)c1OCc1ccc(Cl)cc1Cl. The molecule has 0 atom stereocenters. The molecule has 0 saturated heterocycles. The molecule has 0 saturated carbocycles. The average Bonchev–Trinajstić information content (AvgIpc) is 2.76. The quantitative estimate of drug-likeness (QED) is 0.354. The van der Waals surface area contributed by atoms with Crippen molar-refractivity contribution in [3.63, 3.8) is 0 Å². The molecule has 38 heavy (non-hydrogen) atoms. The van der Waals surface area contributed by atoms with E-state index in [1.165, 1.54) is 0 Å². The van der Waals surface area contributed by atoms with Gasteiger partial charge in [0.15, 0.2) is 11.6 Å². The van der Waals surface area contributed by atoms with Crippen molar-refractivity contribution >= 4 is 58.0 Å². The van der Waals surface area contributed by atoms with Gasteiger partial charge in [-0.3, -0.25) is 9.59 Å². The summed E-state index contributed by atoms with van der Waals surface area (Å²) in [7, 11) is 0. The van der Waals surface area contributed by atoms with Crippen LogP contribution < -0.4 is 4.74 Å². The van der Waals surface area contributed by atoms with E-state index in [4.69, 9.17) is 55.9 Å². The van der Waals surface area contributed by atoms with Gasteiger partial charge in [-0.05, 0) is 35.1 Å². The molecule has 0 radical (unpaired) electrons. The lowest BCUT2D eigenvalue weighted by Gasteiger charge is -2.43. The van der Waals surface area contributed by atoms with Crippen LogP contribution >= 0.6 is 46.4 Å². The standard InChI is InChI=1S/C30H28Cl4O4/c1-29(2)10-21(35)26-23(12-29)38-24-13-30(3,4)11-22(36)27(24)25(26)18-7-17(32)9-20(34)28(18)37-14-15-5-6-16(31)8-19(15)33/h5-9,25H,10-14H2,1-4H3. The molecule has 0 amide bonds. The molecule has 1 aliphatic heterocycles. The number of rotatable bonds is 4. The van der Waals surface area contributed by atoms with Crippen molar-refractivity contribution in [3.05, 3.63) is 84.2 Å². The Morgan fingerprint density at radius 2 is 1.34 bits per heavy atom. The third kappa shape index (κ3) is 5.25. The van der Waals surface area contributed by atoms with Crippen LogP contribution in [0, 0.1) is 10.8 Å². The lowest BCUT2D eigenvalue weighted by molar-refractivity contribution is -0.120. The molecule has 4 nitrogen and oxygen atoms in total. The zero-order valence-corrected chi connectivity index (χ0v) is 24.7. The Kier molecular flexibility index (Phi) is 7.18. The van der Waals surface area contributed by atoms with Crippen molar-refractivity contribution in [1.29, 1.82) is 0 Å². The van der Waals surface area contributed by atoms with Crippen LogP contribution in [0.25, 0.3) is 0 Å². The molecule has 0 aromatic heterocycles. The zero-order valence-electron chi connectivity index (χ0n) is 21.6. The van der Waals surface area contributed by atoms with E-state index in [9.17, 15) is 9.59 Å². The fourth-order valence-corrected chi connectivity index (χ4v) is 6.75. The number of hydrogen-bond acceptors (Lipinski definition) is 4. The van der Waals surface area contributed by atoms with E-state index in [0.717, 1.165) is 0 Å². The van der Waals surface area contributed by atoms with Gasteiger partial charge in [0.25, 0.3) is 0 Å². The van der Waals surface area contributed by atoms with E-state index in [-0.39, 0.29) is 34.0 Å². The highest BCUT2D eigenvalue weighted by Gasteiger charge is 2.48. The number of carbonyl (C=O) groups excluding carboxylic acids is 2. The second-order valence-electron chi connectivity index (χ2n) is 11.9. The summed E-state index contributed by atoms with van der Waals surface area (Å²) >= 11 is 25.6. The molecule has 2 aromatic rings. The molecule has 0 bridgehead atoms. The summed E-state index contributed by atoms with van der Waals surface area (Å²) in [6, 6.07) is 8.48. The van der Waals surface area contributed by atoms with Crippen LogP contribution in [0.1, 0.15) is 70.4 Å². The van der Waals surface area contributed by atoms with Gasteiger partial charge in [0.2, 0.25) is 0 Å². The van der Waals surface area contributed by atoms with Gasteiger partial charge >= 0.3 is 0 Å². The predicted molar refractivity (Wildman–Crippen MR) is 151 cm³/mol. The molecule has 2 aliphatic carbocycles. The van der Waals surface area contributed by atoms with E-state index >= 15 is 0 Å². The molecular weight excluding hydrogens is 566 g/mol. The molecule has 200 valence electrons. The zero-order chi connectivity index (χ0) is 27.6. The first-order valence-electron chi connectivity index (χ1n) is 12.5. The Balaban J connectivity index is 1.67. The first kappa shape index (κ1) is 27.6. The van der Waals surface area contributed by atoms with Crippen LogP contribution in [-0.2, 0) is 20.9 Å². The second kappa shape index (κ2) is 9.89. The number of benzene rings is 2. The molecular formula is C30H28Cl4O4. The molecule has 3 aliphatic rings. The maximum atomic E-state index is 13.7. The Hall–Kier alpha value is -1.98. The van der Waals surface area contributed by atoms with E-state index < -0.39 is 5.92 Å². The fourth-order valence-electron chi connectivity index (χ4n) is 5.72. The summed E-state index contributed by atoms with van der Waals surface area (Å²) in [4.78, 5) is 27.3. The highest BCUT2D eigenvalue weighted by molar-refractivity contribution is 6.36. The Morgan fingerprint density at radius 1 is 0.789 bits per heavy atom. The van der Waals surface area contributed by atoms with Crippen LogP contribution in [0.4, 0.5) is 0 Å². The summed E-state index contributed by atoms with van der Waals surface area (Å²) in [5, 5.41) is 1.63. The number of Topliss-reactive ketones (excluding diaryl/α,β-unsaturated/α-hetero) is 2. The number of halogens is 4. The molecule has 0 N–H and O–H groups in total. The minimum atomic E-state index is -0.687. The largest absolute Gasteiger partial charge is 0.487 e. The Labute approximate surface area is 242 Å². The van der Waals surface area contributed by atoms with E-state index in [1.807, 2.05) is 27.7 Å². The van der Waals surface area contributed by atoms with Gasteiger partial charge in [0.05, 0.1) is 10.9 Å². The highest BCUT2D eigenvalue weighted by atomic mass is 35.5. The summed E-state index contributed by atoms with van der Waals surface area (Å²) in [6.45, 7) is 8.30. The maximum absolute atomic E-state index is 13.7. The van der Waals surface area contributed by atoms with Gasteiger partial charge in [0.1, 0.15) is 23.9 Å². The molecule has 0 spiro atoms. The summed E-state index contributed by atoms with van der Waals surface area (Å²) in [5.74, 6) is 0.795. The van der Waals surface area contributed by atoms with Gasteiger partial charge in [-0.15, -0.1) is 0 Å². The van der Waals surface area contributed by atoms with Crippen LogP contribution in [0.3, 0.4) is 0 Å². The minimum absolute atomic E-state index is 0.0479. The number of hydrogen-bond donors (Lipinski definition) is 0. The van der Waals surface area contributed by atoms with Crippen molar-refractivity contribution in [3.8, 4) is 5.75 Å². The van der Waals surface area contributed by atoms with E-state index in [0.29, 0.717) is 80.3 Å². The average molecular weight is 594 g/mol. The van der Waals surface area contributed by atoms with E-state index in [1.54, 1.807) is 30.3 Å². The van der Waals surface area contributed by atoms with Crippen molar-refractivity contribution in [2.75, 3.05) is 0 Å². The van der Waals surface area contributed by atoms with Crippen molar-refractivity contribution in [1.82, 2.24) is 0 Å². The van der Waals surface area contributed by atoms with Crippen LogP contribution in [0.5, 0.6) is 5.75 Å². The number of allylic oxidation sites excluding steroid dienone is 4.